The van der Waals surface area contributed by atoms with E-state index >= 15 is 0 Å². The van der Waals surface area contributed by atoms with E-state index in [2.05, 4.69) is 34.2 Å². The van der Waals surface area contributed by atoms with Gasteiger partial charge < -0.3 is 9.80 Å². The van der Waals surface area contributed by atoms with Crippen molar-refractivity contribution in [2.24, 2.45) is 0 Å². The normalized spacial score (nSPS) is 14.4. The van der Waals surface area contributed by atoms with Gasteiger partial charge in [0, 0.05) is 51.3 Å². The number of unbranched alkanes of at least 4 members (excludes halogenated alkanes) is 2. The van der Waals surface area contributed by atoms with Gasteiger partial charge in [-0.2, -0.15) is 0 Å². The molecule has 5 rings (SSSR count). The van der Waals surface area contributed by atoms with Gasteiger partial charge in [-0.25, -0.2) is 0 Å². The predicted molar refractivity (Wildman–Crippen MR) is 136 cm³/mol. The van der Waals surface area contributed by atoms with Gasteiger partial charge in [-0.05, 0) is 30.0 Å². The number of anilines is 1. The molecule has 0 saturated carbocycles. The monoisotopic (exact) mass is 478 g/mol. The van der Waals surface area contributed by atoms with Crippen molar-refractivity contribution < 1.29 is 4.79 Å². The molecule has 4 heterocycles. The van der Waals surface area contributed by atoms with Gasteiger partial charge in [0.25, 0.3) is 5.56 Å². The van der Waals surface area contributed by atoms with Crippen LogP contribution < -0.4 is 10.5 Å². The molecule has 1 aliphatic heterocycles. The summed E-state index contributed by atoms with van der Waals surface area (Å²) in [4.78, 5) is 30.3. The molecule has 0 N–H and O–H groups in total. The Morgan fingerprint density at radius 1 is 1.03 bits per heavy atom. The van der Waals surface area contributed by atoms with Crippen molar-refractivity contribution in [1.82, 2.24) is 24.1 Å². The fraction of sp³-hybridized carbons (Fsp3) is 0.440. The van der Waals surface area contributed by atoms with Crippen LogP contribution in [-0.4, -0.2) is 56.2 Å². The Balaban J connectivity index is 1.30. The summed E-state index contributed by atoms with van der Waals surface area (Å²) < 4.78 is 4.43. The van der Waals surface area contributed by atoms with Crippen LogP contribution in [0.25, 0.3) is 16.0 Å². The molecule has 34 heavy (non-hydrogen) atoms. The zero-order chi connectivity index (χ0) is 23.5. The smallest absolute Gasteiger partial charge is 0.272 e. The number of aryl methyl sites for hydroxylation is 2. The molecule has 1 aromatic carbocycles. The molecule has 0 atom stereocenters. The molecule has 1 saturated heterocycles. The number of amides is 1. The van der Waals surface area contributed by atoms with Crippen molar-refractivity contribution in [3.63, 3.8) is 0 Å². The maximum atomic E-state index is 13.0. The van der Waals surface area contributed by atoms with Crippen LogP contribution in [-0.2, 0) is 17.8 Å². The van der Waals surface area contributed by atoms with Crippen molar-refractivity contribution in [1.29, 1.82) is 0 Å². The Morgan fingerprint density at radius 3 is 2.59 bits per heavy atom. The second-order valence-corrected chi connectivity index (χ2v) is 9.67. The van der Waals surface area contributed by atoms with Gasteiger partial charge in [0.05, 0.1) is 5.52 Å². The zero-order valence-corrected chi connectivity index (χ0v) is 20.3. The van der Waals surface area contributed by atoms with Crippen molar-refractivity contribution in [3.8, 4) is 0 Å². The van der Waals surface area contributed by atoms with Crippen molar-refractivity contribution in [2.45, 2.75) is 45.6 Å². The second kappa shape index (κ2) is 9.97. The molecular formula is C25H30N6O2S. The molecule has 1 aliphatic rings. The van der Waals surface area contributed by atoms with E-state index < -0.39 is 0 Å². The summed E-state index contributed by atoms with van der Waals surface area (Å²) in [6.07, 6.45) is 3.96. The Morgan fingerprint density at radius 2 is 1.82 bits per heavy atom. The molecule has 0 aliphatic carbocycles. The molecule has 8 nitrogen and oxygen atoms in total. The summed E-state index contributed by atoms with van der Waals surface area (Å²) in [5.74, 6) is 1.45. The highest BCUT2D eigenvalue weighted by Crippen LogP contribution is 2.21. The molecule has 0 bridgehead atoms. The first-order valence-electron chi connectivity index (χ1n) is 12.1. The number of para-hydroxylation sites is 1. The van der Waals surface area contributed by atoms with Crippen LogP contribution in [0.15, 0.2) is 46.6 Å². The fourth-order valence-corrected chi connectivity index (χ4v) is 5.52. The number of thiophene rings is 1. The molecule has 4 aromatic rings. The molecule has 1 amide bonds. The molecular weight excluding hydrogens is 448 g/mol. The first-order chi connectivity index (χ1) is 16.7. The maximum absolute atomic E-state index is 13.0. The van der Waals surface area contributed by atoms with Gasteiger partial charge in [-0.1, -0.05) is 38.0 Å². The Labute approximate surface area is 202 Å². The van der Waals surface area contributed by atoms with Crippen molar-refractivity contribution in [2.75, 3.05) is 31.1 Å². The average molecular weight is 479 g/mol. The Kier molecular flexibility index (Phi) is 6.62. The van der Waals surface area contributed by atoms with Gasteiger partial charge in [0.2, 0.25) is 11.7 Å². The van der Waals surface area contributed by atoms with Gasteiger partial charge in [-0.3, -0.25) is 18.6 Å². The number of hydrogen-bond donors (Lipinski definition) is 0. The minimum atomic E-state index is -0.0000773. The standard InChI is InChI=1S/C25H30N6O2S/c1-2-3-7-13-30-24(33)23-20(12-18-34-23)31-21(26-27-25(30)31)10-11-22(32)29-16-14-28(15-17-29)19-8-5-4-6-9-19/h4-6,8-9,12,18H,2-3,7,10-11,13-17H2,1H3. The molecule has 0 radical (unpaired) electrons. The lowest BCUT2D eigenvalue weighted by Gasteiger charge is -2.36. The average Bonchev–Trinajstić information content (AvgIpc) is 3.53. The highest BCUT2D eigenvalue weighted by Gasteiger charge is 2.23. The summed E-state index contributed by atoms with van der Waals surface area (Å²) in [6.45, 7) is 5.90. The van der Waals surface area contributed by atoms with Crippen LogP contribution in [0.1, 0.15) is 38.4 Å². The number of carbonyl (C=O) groups is 1. The lowest BCUT2D eigenvalue weighted by Crippen LogP contribution is -2.48. The molecule has 178 valence electrons. The molecule has 9 heteroatoms. The van der Waals surface area contributed by atoms with Crippen LogP contribution in [0, 0.1) is 0 Å². The largest absolute Gasteiger partial charge is 0.368 e. The lowest BCUT2D eigenvalue weighted by molar-refractivity contribution is -0.131. The highest BCUT2D eigenvalue weighted by molar-refractivity contribution is 7.17. The van der Waals surface area contributed by atoms with Crippen molar-refractivity contribution in [3.05, 3.63) is 58.0 Å². The van der Waals surface area contributed by atoms with Crippen LogP contribution in [0.4, 0.5) is 5.69 Å². The quantitative estimate of drug-likeness (QED) is 0.362. The van der Waals surface area contributed by atoms with E-state index in [9.17, 15) is 9.59 Å². The van der Waals surface area contributed by atoms with Crippen LogP contribution in [0.5, 0.6) is 0 Å². The van der Waals surface area contributed by atoms with Crippen LogP contribution >= 0.6 is 11.3 Å². The Hall–Kier alpha value is -3.20. The second-order valence-electron chi connectivity index (χ2n) is 8.75. The third-order valence-corrected chi connectivity index (χ3v) is 7.47. The molecule has 3 aromatic heterocycles. The van der Waals surface area contributed by atoms with E-state index in [4.69, 9.17) is 0 Å². The minimum absolute atomic E-state index is 0.0000773. The SMILES string of the molecule is CCCCCn1c(=O)c2sccc2n2c(CCC(=O)N3CCN(c4ccccc4)CC3)nnc12. The maximum Gasteiger partial charge on any atom is 0.272 e. The number of rotatable bonds is 8. The van der Waals surface area contributed by atoms with Crippen molar-refractivity contribution >= 4 is 38.9 Å². The number of piperazine rings is 1. The van der Waals surface area contributed by atoms with E-state index in [1.165, 1.54) is 17.0 Å². The number of aromatic nitrogens is 4. The molecule has 1 fully saturated rings. The number of carbonyl (C=O) groups excluding carboxylic acids is 1. The molecule has 0 unspecified atom stereocenters. The third kappa shape index (κ3) is 4.32. The van der Waals surface area contributed by atoms with Gasteiger partial charge in [0.1, 0.15) is 10.5 Å². The first kappa shape index (κ1) is 22.6. The predicted octanol–water partition coefficient (Wildman–Crippen LogP) is 3.58. The summed E-state index contributed by atoms with van der Waals surface area (Å²) in [5, 5.41) is 10.7. The van der Waals surface area contributed by atoms with E-state index in [1.54, 1.807) is 4.57 Å². The van der Waals surface area contributed by atoms with Gasteiger partial charge >= 0.3 is 0 Å². The van der Waals surface area contributed by atoms with E-state index in [-0.39, 0.29) is 11.5 Å². The van der Waals surface area contributed by atoms with Gasteiger partial charge in [-0.15, -0.1) is 21.5 Å². The number of fused-ring (bicyclic) bond motifs is 3. The topological polar surface area (TPSA) is 75.7 Å². The number of nitrogens with zero attached hydrogens (tertiary/aromatic N) is 6. The van der Waals surface area contributed by atoms with Crippen LogP contribution in [0.3, 0.4) is 0 Å². The van der Waals surface area contributed by atoms with E-state index in [0.717, 1.165) is 56.8 Å². The summed E-state index contributed by atoms with van der Waals surface area (Å²) >= 11 is 1.45. The highest BCUT2D eigenvalue weighted by atomic mass is 32.1. The minimum Gasteiger partial charge on any atom is -0.368 e. The summed E-state index contributed by atoms with van der Waals surface area (Å²) in [5.41, 5.74) is 2.04. The third-order valence-electron chi connectivity index (χ3n) is 6.58. The first-order valence-corrected chi connectivity index (χ1v) is 13.0. The summed E-state index contributed by atoms with van der Waals surface area (Å²) in [6, 6.07) is 12.3. The van der Waals surface area contributed by atoms with E-state index in [1.807, 2.05) is 38.9 Å². The van der Waals surface area contributed by atoms with Crippen LogP contribution in [0.2, 0.25) is 0 Å². The molecule has 0 spiro atoms. The summed E-state index contributed by atoms with van der Waals surface area (Å²) in [7, 11) is 0. The van der Waals surface area contributed by atoms with Gasteiger partial charge in [0.15, 0.2) is 0 Å². The van der Waals surface area contributed by atoms with E-state index in [0.29, 0.717) is 29.9 Å². The zero-order valence-electron chi connectivity index (χ0n) is 19.5. The Bertz CT molecular complexity index is 1330. The number of benzene rings is 1. The number of hydrogen-bond acceptors (Lipinski definition) is 6. The fourth-order valence-electron chi connectivity index (χ4n) is 4.69. The lowest BCUT2D eigenvalue weighted by atomic mass is 10.2.